The van der Waals surface area contributed by atoms with Crippen LogP contribution in [0.4, 0.5) is 0 Å². The van der Waals surface area contributed by atoms with Gasteiger partial charge in [0.15, 0.2) is 0 Å². The van der Waals surface area contributed by atoms with E-state index in [1.165, 1.54) is 5.56 Å². The van der Waals surface area contributed by atoms with Crippen molar-refractivity contribution in [3.63, 3.8) is 0 Å². The smallest absolute Gasteiger partial charge is 0.268 e. The summed E-state index contributed by atoms with van der Waals surface area (Å²) in [5, 5.41) is 5.95. The predicted molar refractivity (Wildman–Crippen MR) is 100 cm³/mol. The molecule has 0 saturated heterocycles. The van der Waals surface area contributed by atoms with E-state index in [0.717, 1.165) is 38.8 Å². The zero-order chi connectivity index (χ0) is 17.0. The molecule has 5 heteroatoms. The molecule has 4 aromatic rings. The summed E-state index contributed by atoms with van der Waals surface area (Å²) in [4.78, 5) is 19.2. The van der Waals surface area contributed by atoms with Gasteiger partial charge in [-0.15, -0.1) is 0 Å². The molecule has 1 aliphatic heterocycles. The number of fused-ring (bicyclic) bond motifs is 4. The van der Waals surface area contributed by atoms with Crippen LogP contribution < -0.4 is 5.32 Å². The van der Waals surface area contributed by atoms with Crippen molar-refractivity contribution < 1.29 is 4.79 Å². The van der Waals surface area contributed by atoms with E-state index in [-0.39, 0.29) is 11.8 Å². The molecule has 0 radical (unpaired) electrons. The number of aromatic amines is 2. The van der Waals surface area contributed by atoms with Crippen LogP contribution in [0.15, 0.2) is 48.7 Å². The van der Waals surface area contributed by atoms with Crippen molar-refractivity contribution in [1.29, 1.82) is 0 Å². The molecule has 4 nitrogen and oxygen atoms in total. The van der Waals surface area contributed by atoms with Gasteiger partial charge in [-0.25, -0.2) is 0 Å². The first-order chi connectivity index (χ1) is 12.2. The molecule has 1 aliphatic rings. The van der Waals surface area contributed by atoms with Crippen molar-refractivity contribution in [3.8, 4) is 0 Å². The maximum absolute atomic E-state index is 12.5. The number of hydrogen-bond donors (Lipinski definition) is 3. The number of benzene rings is 2. The third-order valence-corrected chi connectivity index (χ3v) is 5.33. The van der Waals surface area contributed by atoms with E-state index in [0.29, 0.717) is 12.2 Å². The van der Waals surface area contributed by atoms with Gasteiger partial charge in [-0.3, -0.25) is 4.79 Å². The average Bonchev–Trinajstić information content (AvgIpc) is 3.16. The molecule has 0 bridgehead atoms. The lowest BCUT2D eigenvalue weighted by atomic mass is 9.87. The molecule has 2 aromatic carbocycles. The Hall–Kier alpha value is -2.72. The Balaban J connectivity index is 1.80. The molecule has 124 valence electrons. The third-order valence-electron chi connectivity index (χ3n) is 5.09. The van der Waals surface area contributed by atoms with Gasteiger partial charge < -0.3 is 15.3 Å². The normalized spacial score (nSPS) is 17.5. The predicted octanol–water partition coefficient (Wildman–Crippen LogP) is 4.57. The molecule has 0 aliphatic carbocycles. The zero-order valence-electron chi connectivity index (χ0n) is 13.4. The molecule has 0 fully saturated rings. The molecule has 5 rings (SSSR count). The van der Waals surface area contributed by atoms with Gasteiger partial charge in [0.1, 0.15) is 5.69 Å². The lowest BCUT2D eigenvalue weighted by molar-refractivity contribution is 0.0952. The number of hydrogen-bond acceptors (Lipinski definition) is 1. The van der Waals surface area contributed by atoms with Crippen molar-refractivity contribution in [1.82, 2.24) is 15.3 Å². The van der Waals surface area contributed by atoms with Gasteiger partial charge in [0.05, 0.1) is 0 Å². The van der Waals surface area contributed by atoms with Gasteiger partial charge >= 0.3 is 0 Å². The van der Waals surface area contributed by atoms with E-state index >= 15 is 0 Å². The highest BCUT2D eigenvalue weighted by atomic mass is 35.5. The summed E-state index contributed by atoms with van der Waals surface area (Å²) in [6.45, 7) is 0.646. The summed E-state index contributed by atoms with van der Waals surface area (Å²) >= 11 is 6.23. The quantitative estimate of drug-likeness (QED) is 0.463. The monoisotopic (exact) mass is 349 g/mol. The minimum absolute atomic E-state index is 0.0356. The van der Waals surface area contributed by atoms with Crippen LogP contribution in [0.1, 0.15) is 34.0 Å². The number of amides is 1. The average molecular weight is 350 g/mol. The summed E-state index contributed by atoms with van der Waals surface area (Å²) in [5.74, 6) is 0.0869. The van der Waals surface area contributed by atoms with Gasteiger partial charge in [0.2, 0.25) is 0 Å². The largest absolute Gasteiger partial charge is 0.361 e. The first-order valence-corrected chi connectivity index (χ1v) is 8.75. The number of carbonyl (C=O) groups is 1. The molecule has 3 N–H and O–H groups in total. The van der Waals surface area contributed by atoms with Crippen LogP contribution in [0.25, 0.3) is 21.8 Å². The van der Waals surface area contributed by atoms with Gasteiger partial charge in [-0.05, 0) is 41.8 Å². The first kappa shape index (κ1) is 14.6. The van der Waals surface area contributed by atoms with Gasteiger partial charge in [0.25, 0.3) is 5.91 Å². The molecule has 1 amide bonds. The molecular formula is C20H16ClN3O. The van der Waals surface area contributed by atoms with E-state index < -0.39 is 0 Å². The Kier molecular flexibility index (Phi) is 3.15. The van der Waals surface area contributed by atoms with Crippen molar-refractivity contribution in [2.45, 2.75) is 12.3 Å². The molecule has 25 heavy (non-hydrogen) atoms. The van der Waals surface area contributed by atoms with E-state index in [1.807, 2.05) is 42.6 Å². The highest BCUT2D eigenvalue weighted by molar-refractivity contribution is 6.31. The molecular weight excluding hydrogens is 334 g/mol. The standard InChI is InChI=1S/C20H16ClN3O/c21-11-5-6-16-14(9-11)15(10-23-16)12-7-8-22-20(25)19-18(12)13-3-1-2-4-17(13)24-19/h1-6,9-10,12,23-24H,7-8H2,(H,22,25)/t12-/m1/s1. The topological polar surface area (TPSA) is 60.7 Å². The van der Waals surface area contributed by atoms with Crippen LogP contribution >= 0.6 is 11.6 Å². The van der Waals surface area contributed by atoms with Crippen LogP contribution in [0.5, 0.6) is 0 Å². The minimum Gasteiger partial charge on any atom is -0.361 e. The second-order valence-electron chi connectivity index (χ2n) is 6.49. The Bertz CT molecular complexity index is 1120. The lowest BCUT2D eigenvalue weighted by Gasteiger charge is -2.15. The van der Waals surface area contributed by atoms with Crippen molar-refractivity contribution in [3.05, 3.63) is 70.5 Å². The van der Waals surface area contributed by atoms with Gasteiger partial charge in [-0.1, -0.05) is 29.8 Å². The van der Waals surface area contributed by atoms with E-state index in [9.17, 15) is 4.79 Å². The minimum atomic E-state index is -0.0356. The summed E-state index contributed by atoms with van der Waals surface area (Å²) < 4.78 is 0. The number of aromatic nitrogens is 2. The molecule has 3 heterocycles. The Morgan fingerprint density at radius 3 is 2.84 bits per heavy atom. The first-order valence-electron chi connectivity index (χ1n) is 8.37. The highest BCUT2D eigenvalue weighted by Gasteiger charge is 2.29. The summed E-state index contributed by atoms with van der Waals surface area (Å²) in [6.07, 6.45) is 2.90. The molecule has 2 aromatic heterocycles. The van der Waals surface area contributed by atoms with Crippen molar-refractivity contribution in [2.24, 2.45) is 0 Å². The fourth-order valence-electron chi connectivity index (χ4n) is 3.98. The highest BCUT2D eigenvalue weighted by Crippen LogP contribution is 2.40. The number of nitrogens with one attached hydrogen (secondary N) is 3. The SMILES string of the molecule is O=C1NCC[C@H](c2c[nH]c3ccc(Cl)cc23)c2c1[nH]c1ccccc21. The second-order valence-corrected chi connectivity index (χ2v) is 6.93. The molecule has 1 atom stereocenters. The lowest BCUT2D eigenvalue weighted by Crippen LogP contribution is -2.23. The van der Waals surface area contributed by atoms with Crippen LogP contribution in [0.3, 0.4) is 0 Å². The van der Waals surface area contributed by atoms with E-state index in [1.54, 1.807) is 0 Å². The van der Waals surface area contributed by atoms with Crippen LogP contribution in [-0.4, -0.2) is 22.4 Å². The summed E-state index contributed by atoms with van der Waals surface area (Å²) in [5.41, 5.74) is 4.98. The maximum atomic E-state index is 12.5. The van der Waals surface area contributed by atoms with E-state index in [4.69, 9.17) is 11.6 Å². The van der Waals surface area contributed by atoms with Crippen molar-refractivity contribution >= 4 is 39.3 Å². The molecule has 0 spiro atoms. The number of H-pyrrole nitrogens is 2. The number of para-hydroxylation sites is 1. The zero-order valence-corrected chi connectivity index (χ0v) is 14.2. The number of carbonyl (C=O) groups excluding carboxylic acids is 1. The van der Waals surface area contributed by atoms with Crippen LogP contribution in [-0.2, 0) is 0 Å². The Morgan fingerprint density at radius 2 is 1.92 bits per heavy atom. The number of halogens is 1. The van der Waals surface area contributed by atoms with Crippen molar-refractivity contribution in [2.75, 3.05) is 6.54 Å². The van der Waals surface area contributed by atoms with Crippen LogP contribution in [0.2, 0.25) is 5.02 Å². The fourth-order valence-corrected chi connectivity index (χ4v) is 4.15. The molecule has 0 saturated carbocycles. The maximum Gasteiger partial charge on any atom is 0.268 e. The molecule has 0 unspecified atom stereocenters. The van der Waals surface area contributed by atoms with E-state index in [2.05, 4.69) is 21.4 Å². The Morgan fingerprint density at radius 1 is 1.04 bits per heavy atom. The second kappa shape index (κ2) is 5.39. The van der Waals surface area contributed by atoms with Gasteiger partial charge in [-0.2, -0.15) is 0 Å². The van der Waals surface area contributed by atoms with Crippen LogP contribution in [0, 0.1) is 0 Å². The summed E-state index contributed by atoms with van der Waals surface area (Å²) in [6, 6.07) is 14.0. The third kappa shape index (κ3) is 2.18. The summed E-state index contributed by atoms with van der Waals surface area (Å²) in [7, 11) is 0. The van der Waals surface area contributed by atoms with Gasteiger partial charge in [0, 0.05) is 45.5 Å². The fraction of sp³-hybridized carbons (Fsp3) is 0.150. The number of rotatable bonds is 1. The Labute approximate surface area is 149 Å².